The van der Waals surface area contributed by atoms with Crippen LogP contribution in [-0.4, -0.2) is 16.8 Å². The standard InChI is InChI=1S/C22H23N5/c23-21(25-20-14-8-3-9-15-20)26-22(24)27(16-18-10-4-1-5-11-18)17-19-12-6-2-7-13-19/h1-15H,16-17H2,(H4,23,24,25,26). The molecule has 0 spiro atoms. The Morgan fingerprint density at radius 1 is 0.667 bits per heavy atom. The fraction of sp³-hybridized carbons (Fsp3) is 0.0909. The second-order valence-electron chi connectivity index (χ2n) is 6.10. The Bertz CT molecular complexity index is 848. The molecule has 3 aromatic carbocycles. The Hall–Kier alpha value is -3.60. The highest BCUT2D eigenvalue weighted by molar-refractivity contribution is 5.94. The molecule has 5 heteroatoms. The summed E-state index contributed by atoms with van der Waals surface area (Å²) in [6, 6.07) is 29.7. The first-order chi connectivity index (χ1) is 13.2. The first-order valence-corrected chi connectivity index (χ1v) is 8.77. The van der Waals surface area contributed by atoms with Gasteiger partial charge in [0.15, 0.2) is 5.96 Å². The molecule has 0 saturated heterocycles. The van der Waals surface area contributed by atoms with Crippen molar-refractivity contribution in [2.45, 2.75) is 13.1 Å². The molecule has 4 N–H and O–H groups in total. The number of rotatable bonds is 5. The van der Waals surface area contributed by atoms with E-state index in [-0.39, 0.29) is 5.96 Å². The van der Waals surface area contributed by atoms with Crippen molar-refractivity contribution in [3.05, 3.63) is 102 Å². The first-order valence-electron chi connectivity index (χ1n) is 8.77. The van der Waals surface area contributed by atoms with Crippen LogP contribution in [0.1, 0.15) is 11.1 Å². The van der Waals surface area contributed by atoms with Crippen molar-refractivity contribution >= 4 is 17.6 Å². The van der Waals surface area contributed by atoms with Crippen molar-refractivity contribution in [1.29, 1.82) is 0 Å². The van der Waals surface area contributed by atoms with Gasteiger partial charge in [0, 0.05) is 13.1 Å². The van der Waals surface area contributed by atoms with Gasteiger partial charge < -0.3 is 16.4 Å². The van der Waals surface area contributed by atoms with E-state index in [4.69, 9.17) is 11.5 Å². The normalized spacial score (nSPS) is 12.0. The zero-order chi connectivity index (χ0) is 18.9. The Morgan fingerprint density at radius 2 is 1.11 bits per heavy atom. The summed E-state index contributed by atoms with van der Waals surface area (Å²) in [7, 11) is 0. The van der Waals surface area contributed by atoms with E-state index in [1.165, 1.54) is 0 Å². The third-order valence-electron chi connectivity index (χ3n) is 3.99. The third-order valence-corrected chi connectivity index (χ3v) is 3.99. The molecule has 3 aromatic rings. The molecule has 0 atom stereocenters. The van der Waals surface area contributed by atoms with Gasteiger partial charge >= 0.3 is 0 Å². The third kappa shape index (κ3) is 5.71. The average Bonchev–Trinajstić information content (AvgIpc) is 2.70. The average molecular weight is 357 g/mol. The van der Waals surface area contributed by atoms with Gasteiger partial charge in [-0.25, -0.2) is 4.99 Å². The molecule has 0 unspecified atom stereocenters. The molecular weight excluding hydrogens is 334 g/mol. The minimum atomic E-state index is 0.129. The Morgan fingerprint density at radius 3 is 1.59 bits per heavy atom. The van der Waals surface area contributed by atoms with E-state index in [9.17, 15) is 0 Å². The lowest BCUT2D eigenvalue weighted by molar-refractivity contribution is 0.402. The minimum absolute atomic E-state index is 0.129. The van der Waals surface area contributed by atoms with Crippen molar-refractivity contribution in [1.82, 2.24) is 4.90 Å². The van der Waals surface area contributed by atoms with Gasteiger partial charge in [0.2, 0.25) is 5.96 Å². The lowest BCUT2D eigenvalue weighted by atomic mass is 10.2. The summed E-state index contributed by atoms with van der Waals surface area (Å²) in [5.74, 6) is 0.463. The quantitative estimate of drug-likeness (QED) is 0.540. The van der Waals surface area contributed by atoms with Crippen LogP contribution in [0.3, 0.4) is 0 Å². The second-order valence-corrected chi connectivity index (χ2v) is 6.10. The predicted molar refractivity (Wildman–Crippen MR) is 111 cm³/mol. The van der Waals surface area contributed by atoms with Crippen molar-refractivity contribution < 1.29 is 0 Å². The van der Waals surface area contributed by atoms with E-state index in [0.29, 0.717) is 19.0 Å². The summed E-state index contributed by atoms with van der Waals surface area (Å²) in [6.07, 6.45) is 0. The van der Waals surface area contributed by atoms with Gasteiger partial charge in [-0.15, -0.1) is 0 Å². The van der Waals surface area contributed by atoms with Crippen LogP contribution >= 0.6 is 0 Å². The Kier molecular flexibility index (Phi) is 6.20. The molecule has 0 aliphatic carbocycles. The van der Waals surface area contributed by atoms with Crippen LogP contribution in [0.15, 0.2) is 101 Å². The summed E-state index contributed by atoms with van der Waals surface area (Å²) in [5.41, 5.74) is 15.3. The number of hydrogen-bond donors (Lipinski definition) is 2. The zero-order valence-corrected chi connectivity index (χ0v) is 15.1. The molecule has 0 fully saturated rings. The number of para-hydroxylation sites is 1. The topological polar surface area (TPSA) is 80.0 Å². The number of nitrogens with two attached hydrogens (primary N) is 2. The minimum Gasteiger partial charge on any atom is -0.369 e. The number of aliphatic imine (C=N–C) groups is 2. The highest BCUT2D eigenvalue weighted by Gasteiger charge is 2.10. The van der Waals surface area contributed by atoms with Gasteiger partial charge in [0.25, 0.3) is 0 Å². The van der Waals surface area contributed by atoms with Gasteiger partial charge in [-0.2, -0.15) is 4.99 Å². The lowest BCUT2D eigenvalue weighted by Gasteiger charge is -2.24. The van der Waals surface area contributed by atoms with E-state index in [1.54, 1.807) is 0 Å². The Labute approximate surface area is 159 Å². The van der Waals surface area contributed by atoms with E-state index in [1.807, 2.05) is 71.6 Å². The molecule has 27 heavy (non-hydrogen) atoms. The maximum Gasteiger partial charge on any atom is 0.223 e. The van der Waals surface area contributed by atoms with Gasteiger partial charge in [-0.1, -0.05) is 78.9 Å². The van der Waals surface area contributed by atoms with Crippen molar-refractivity contribution in [3.63, 3.8) is 0 Å². The van der Waals surface area contributed by atoms with Gasteiger partial charge in [0.05, 0.1) is 5.69 Å². The highest BCUT2D eigenvalue weighted by atomic mass is 15.3. The monoisotopic (exact) mass is 357 g/mol. The van der Waals surface area contributed by atoms with Gasteiger partial charge in [-0.3, -0.25) is 0 Å². The molecule has 0 aliphatic heterocycles. The second kappa shape index (κ2) is 9.20. The molecule has 0 amide bonds. The summed E-state index contributed by atoms with van der Waals surface area (Å²) >= 11 is 0. The first kappa shape index (κ1) is 18.2. The molecule has 0 heterocycles. The molecule has 3 rings (SSSR count). The fourth-order valence-electron chi connectivity index (χ4n) is 2.67. The molecule has 136 valence electrons. The SMILES string of the molecule is NC(=Nc1ccccc1)/N=C(\N)N(Cc1ccccc1)Cc1ccccc1. The van der Waals surface area contributed by atoms with Crippen LogP contribution < -0.4 is 11.5 Å². The highest BCUT2D eigenvalue weighted by Crippen LogP contribution is 2.11. The van der Waals surface area contributed by atoms with Crippen LogP contribution in [0.4, 0.5) is 5.69 Å². The van der Waals surface area contributed by atoms with E-state index >= 15 is 0 Å². The van der Waals surface area contributed by atoms with E-state index < -0.39 is 0 Å². The molecule has 5 nitrogen and oxygen atoms in total. The van der Waals surface area contributed by atoms with E-state index in [0.717, 1.165) is 16.8 Å². The van der Waals surface area contributed by atoms with E-state index in [2.05, 4.69) is 34.3 Å². The van der Waals surface area contributed by atoms with Gasteiger partial charge in [-0.05, 0) is 23.3 Å². The number of hydrogen-bond acceptors (Lipinski definition) is 1. The molecule has 0 aliphatic rings. The smallest absolute Gasteiger partial charge is 0.223 e. The maximum atomic E-state index is 6.28. The molecule has 0 saturated carbocycles. The summed E-state index contributed by atoms with van der Waals surface area (Å²) < 4.78 is 0. The molecule has 0 bridgehead atoms. The van der Waals surface area contributed by atoms with Crippen molar-refractivity contribution in [3.8, 4) is 0 Å². The lowest BCUT2D eigenvalue weighted by Crippen LogP contribution is -2.37. The molecule has 0 radical (unpaired) electrons. The van der Waals surface area contributed by atoms with Crippen LogP contribution in [0, 0.1) is 0 Å². The predicted octanol–water partition coefficient (Wildman–Crippen LogP) is 3.65. The van der Waals surface area contributed by atoms with Crippen LogP contribution in [0.2, 0.25) is 0 Å². The maximum absolute atomic E-state index is 6.28. The Balaban J connectivity index is 1.82. The van der Waals surface area contributed by atoms with Crippen molar-refractivity contribution in [2.75, 3.05) is 0 Å². The number of benzene rings is 3. The van der Waals surface area contributed by atoms with Crippen molar-refractivity contribution in [2.24, 2.45) is 21.5 Å². The summed E-state index contributed by atoms with van der Waals surface area (Å²) in [4.78, 5) is 10.6. The zero-order valence-electron chi connectivity index (χ0n) is 15.1. The van der Waals surface area contributed by atoms with Crippen LogP contribution in [0.5, 0.6) is 0 Å². The summed E-state index contributed by atoms with van der Waals surface area (Å²) in [6.45, 7) is 1.26. The van der Waals surface area contributed by atoms with Gasteiger partial charge in [0.1, 0.15) is 0 Å². The summed E-state index contributed by atoms with van der Waals surface area (Å²) in [5, 5.41) is 0. The largest absolute Gasteiger partial charge is 0.369 e. The van der Waals surface area contributed by atoms with Crippen LogP contribution in [-0.2, 0) is 13.1 Å². The fourth-order valence-corrected chi connectivity index (χ4v) is 2.67. The number of guanidine groups is 2. The molecule has 0 aromatic heterocycles. The number of nitrogens with zero attached hydrogens (tertiary/aromatic N) is 3. The molecular formula is C22H23N5. The van der Waals surface area contributed by atoms with Crippen LogP contribution in [0.25, 0.3) is 0 Å².